The summed E-state index contributed by atoms with van der Waals surface area (Å²) in [7, 11) is 1.72. The number of carbonyl (C=O) groups is 3. The number of urea groups is 1. The van der Waals surface area contributed by atoms with E-state index in [1.807, 2.05) is 92.7 Å². The zero-order chi connectivity index (χ0) is 28.6. The lowest BCUT2D eigenvalue weighted by atomic mass is 9.98. The maximum Gasteiger partial charge on any atom is 0.334 e. The highest BCUT2D eigenvalue weighted by Crippen LogP contribution is 2.29. The minimum atomic E-state index is -0.735. The van der Waals surface area contributed by atoms with Crippen LogP contribution in [0, 0.1) is 0 Å². The number of carbonyl (C=O) groups excluding carboxylic acids is 3. The van der Waals surface area contributed by atoms with E-state index in [2.05, 4.69) is 5.32 Å². The van der Waals surface area contributed by atoms with E-state index in [9.17, 15) is 14.4 Å². The van der Waals surface area contributed by atoms with Gasteiger partial charge in [-0.2, -0.15) is 0 Å². The summed E-state index contributed by atoms with van der Waals surface area (Å²) < 4.78 is 0. The number of halogens is 1. The van der Waals surface area contributed by atoms with Gasteiger partial charge in [0.05, 0.1) is 13.1 Å². The lowest BCUT2D eigenvalue weighted by Crippen LogP contribution is -2.76. The molecule has 1 unspecified atom stereocenters. The molecule has 2 atom stereocenters. The van der Waals surface area contributed by atoms with Gasteiger partial charge in [0.15, 0.2) is 0 Å². The Hall–Kier alpha value is -3.88. The molecule has 2 aliphatic rings. The fourth-order valence-corrected chi connectivity index (χ4v) is 5.41. The van der Waals surface area contributed by atoms with E-state index < -0.39 is 12.2 Å². The second kappa shape index (κ2) is 13.5. The SMILES string of the molecule is CC.CN1CC(=O)N2C(CN(Cc3cccc(Cl)c3)C(=O)[C@@H]2Cc2ccccc2)N1C(=O)NCc1ccccc1. The second-order valence-electron chi connectivity index (χ2n) is 9.64. The molecule has 9 heteroatoms. The zero-order valence-electron chi connectivity index (χ0n) is 23.2. The van der Waals surface area contributed by atoms with Crippen molar-refractivity contribution in [1.29, 1.82) is 0 Å². The lowest BCUT2D eigenvalue weighted by Gasteiger charge is -2.54. The first kappa shape index (κ1) is 29.1. The van der Waals surface area contributed by atoms with Gasteiger partial charge in [-0.1, -0.05) is 98.2 Å². The standard InChI is InChI=1S/C29H30ClN5O3.C2H6/c1-32-20-27(36)34-25(16-21-9-4-2-5-10-21)28(37)33(18-23-13-8-14-24(30)15-23)19-26(34)35(32)29(38)31-17-22-11-6-3-7-12-22;1-2/h2-15,25-26H,16-20H2,1H3,(H,31,38);1-2H3/t25-,26?;/m0./s1. The van der Waals surface area contributed by atoms with Crippen molar-refractivity contribution in [3.8, 4) is 0 Å². The molecule has 1 N–H and O–H groups in total. The van der Waals surface area contributed by atoms with E-state index >= 15 is 0 Å². The van der Waals surface area contributed by atoms with Crippen LogP contribution in [0.1, 0.15) is 30.5 Å². The summed E-state index contributed by atoms with van der Waals surface area (Å²) in [6.07, 6.45) is -0.292. The monoisotopic (exact) mass is 561 g/mol. The summed E-state index contributed by atoms with van der Waals surface area (Å²) >= 11 is 6.21. The number of nitrogens with zero attached hydrogens (tertiary/aromatic N) is 4. The molecular formula is C31H36ClN5O3. The van der Waals surface area contributed by atoms with Crippen molar-refractivity contribution in [3.63, 3.8) is 0 Å². The maximum atomic E-state index is 13.9. The number of hydrazine groups is 1. The molecule has 0 saturated carbocycles. The van der Waals surface area contributed by atoms with E-state index in [-0.39, 0.29) is 30.9 Å². The van der Waals surface area contributed by atoms with Crippen LogP contribution >= 0.6 is 11.6 Å². The molecule has 2 heterocycles. The van der Waals surface area contributed by atoms with Gasteiger partial charge in [0.1, 0.15) is 12.2 Å². The number of hydrogen-bond donors (Lipinski definition) is 1. The number of hydrogen-bond acceptors (Lipinski definition) is 4. The van der Waals surface area contributed by atoms with E-state index in [0.29, 0.717) is 24.5 Å². The second-order valence-corrected chi connectivity index (χ2v) is 10.1. The first-order chi connectivity index (χ1) is 19.4. The molecule has 3 aromatic carbocycles. The normalized spacial score (nSPS) is 19.1. The molecule has 210 valence electrons. The molecule has 0 radical (unpaired) electrons. The average molecular weight is 562 g/mol. The van der Waals surface area contributed by atoms with Gasteiger partial charge in [-0.05, 0) is 28.8 Å². The number of amides is 4. The Bertz CT molecular complexity index is 1310. The smallest absolute Gasteiger partial charge is 0.333 e. The first-order valence-corrected chi connectivity index (χ1v) is 14.0. The molecular weight excluding hydrogens is 526 g/mol. The van der Waals surface area contributed by atoms with Crippen LogP contribution in [0.15, 0.2) is 84.9 Å². The molecule has 0 bridgehead atoms. The Morgan fingerprint density at radius 2 is 1.52 bits per heavy atom. The molecule has 2 fully saturated rings. The van der Waals surface area contributed by atoms with Crippen molar-refractivity contribution in [3.05, 3.63) is 107 Å². The van der Waals surface area contributed by atoms with Crippen LogP contribution in [-0.4, -0.2) is 70.0 Å². The van der Waals surface area contributed by atoms with Gasteiger partial charge in [-0.25, -0.2) is 14.8 Å². The number of rotatable bonds is 6. The summed E-state index contributed by atoms with van der Waals surface area (Å²) in [6.45, 7) is 4.86. The minimum Gasteiger partial charge on any atom is -0.333 e. The van der Waals surface area contributed by atoms with Gasteiger partial charge in [-0.15, -0.1) is 0 Å². The fraction of sp³-hybridized carbons (Fsp3) is 0.323. The molecule has 40 heavy (non-hydrogen) atoms. The first-order valence-electron chi connectivity index (χ1n) is 13.6. The summed E-state index contributed by atoms with van der Waals surface area (Å²) in [6, 6.07) is 25.6. The number of piperazine rings is 1. The third kappa shape index (κ3) is 6.63. The van der Waals surface area contributed by atoms with Crippen LogP contribution in [0.25, 0.3) is 0 Å². The molecule has 0 spiro atoms. The molecule has 0 aliphatic carbocycles. The summed E-state index contributed by atoms with van der Waals surface area (Å²) in [5, 5.41) is 6.77. The Kier molecular flexibility index (Phi) is 9.79. The van der Waals surface area contributed by atoms with Crippen molar-refractivity contribution in [2.24, 2.45) is 0 Å². The lowest BCUT2D eigenvalue weighted by molar-refractivity contribution is -0.187. The number of nitrogens with one attached hydrogen (secondary N) is 1. The summed E-state index contributed by atoms with van der Waals surface area (Å²) in [4.78, 5) is 44.1. The molecule has 5 rings (SSSR count). The van der Waals surface area contributed by atoms with Crippen molar-refractivity contribution < 1.29 is 14.4 Å². The molecule has 2 saturated heterocycles. The predicted molar refractivity (Wildman–Crippen MR) is 156 cm³/mol. The fourth-order valence-electron chi connectivity index (χ4n) is 5.19. The number of likely N-dealkylation sites (N-methyl/N-ethyl adjacent to an activating group) is 1. The van der Waals surface area contributed by atoms with Gasteiger partial charge >= 0.3 is 6.03 Å². The Balaban J connectivity index is 0.00000181. The zero-order valence-corrected chi connectivity index (χ0v) is 23.9. The number of fused-ring (bicyclic) bond motifs is 1. The van der Waals surface area contributed by atoms with Crippen LogP contribution in [-0.2, 0) is 29.1 Å². The minimum absolute atomic E-state index is 0.00210. The maximum absolute atomic E-state index is 13.9. The van der Waals surface area contributed by atoms with Crippen molar-refractivity contribution in [1.82, 2.24) is 25.1 Å². The van der Waals surface area contributed by atoms with Crippen LogP contribution < -0.4 is 5.32 Å². The van der Waals surface area contributed by atoms with E-state index in [0.717, 1.165) is 16.7 Å². The van der Waals surface area contributed by atoms with Gasteiger partial charge in [0.2, 0.25) is 11.8 Å². The quantitative estimate of drug-likeness (QED) is 0.479. The van der Waals surface area contributed by atoms with Crippen LogP contribution in [0.3, 0.4) is 0 Å². The highest BCUT2D eigenvalue weighted by Gasteiger charge is 2.50. The highest BCUT2D eigenvalue weighted by molar-refractivity contribution is 6.30. The number of benzene rings is 3. The van der Waals surface area contributed by atoms with Crippen LogP contribution in [0.2, 0.25) is 5.02 Å². The van der Waals surface area contributed by atoms with Crippen molar-refractivity contribution >= 4 is 29.4 Å². The Morgan fingerprint density at radius 3 is 2.17 bits per heavy atom. The predicted octanol–water partition coefficient (Wildman–Crippen LogP) is 4.55. The largest absolute Gasteiger partial charge is 0.334 e. The third-order valence-corrected chi connectivity index (χ3v) is 7.20. The average Bonchev–Trinajstić information content (AvgIpc) is 2.96. The third-order valence-electron chi connectivity index (χ3n) is 6.97. The van der Waals surface area contributed by atoms with Crippen LogP contribution in [0.4, 0.5) is 4.79 Å². The van der Waals surface area contributed by atoms with E-state index in [1.165, 1.54) is 0 Å². The summed E-state index contributed by atoms with van der Waals surface area (Å²) in [5.74, 6) is -0.325. The van der Waals surface area contributed by atoms with Crippen LogP contribution in [0.5, 0.6) is 0 Å². The topological polar surface area (TPSA) is 76.2 Å². The highest BCUT2D eigenvalue weighted by atomic mass is 35.5. The van der Waals surface area contributed by atoms with Gasteiger partial charge in [0, 0.05) is 31.6 Å². The molecule has 4 amide bonds. The van der Waals surface area contributed by atoms with Crippen molar-refractivity contribution in [2.75, 3.05) is 20.1 Å². The van der Waals surface area contributed by atoms with Gasteiger partial charge in [-0.3, -0.25) is 9.59 Å². The van der Waals surface area contributed by atoms with Crippen molar-refractivity contribution in [2.45, 2.75) is 45.6 Å². The molecule has 3 aromatic rings. The Labute approximate surface area is 241 Å². The van der Waals surface area contributed by atoms with E-state index in [4.69, 9.17) is 11.6 Å². The van der Waals surface area contributed by atoms with E-state index in [1.54, 1.807) is 32.9 Å². The van der Waals surface area contributed by atoms with Gasteiger partial charge in [0.25, 0.3) is 0 Å². The van der Waals surface area contributed by atoms with Gasteiger partial charge < -0.3 is 15.1 Å². The molecule has 2 aliphatic heterocycles. The molecule has 0 aromatic heterocycles. The molecule has 8 nitrogen and oxygen atoms in total. The Morgan fingerprint density at radius 1 is 0.900 bits per heavy atom. The summed E-state index contributed by atoms with van der Waals surface area (Å²) in [5.41, 5.74) is 2.80.